The standard InChI is InChI=1S/C19H16N4O4/c1-2-25-19(24)18-16(15-5-3-4-6-17(15)27-18)11-26-14-9-7-13(8-10-14)23-12-20-21-22-23/h3-10,12H,2,11H2,1H3. The van der Waals surface area contributed by atoms with Crippen LogP contribution >= 0.6 is 0 Å². The molecule has 0 N–H and O–H groups in total. The minimum absolute atomic E-state index is 0.170. The van der Waals surface area contributed by atoms with Crippen LogP contribution in [0.25, 0.3) is 16.7 Å². The molecule has 0 aliphatic heterocycles. The molecule has 0 saturated carbocycles. The van der Waals surface area contributed by atoms with Gasteiger partial charge in [-0.2, -0.15) is 0 Å². The molecule has 2 aromatic heterocycles. The number of furan rings is 1. The quantitative estimate of drug-likeness (QED) is 0.485. The maximum absolute atomic E-state index is 12.2. The Hall–Kier alpha value is -3.68. The highest BCUT2D eigenvalue weighted by Gasteiger charge is 2.22. The predicted octanol–water partition coefficient (Wildman–Crippen LogP) is 3.16. The minimum atomic E-state index is -0.499. The highest BCUT2D eigenvalue weighted by Crippen LogP contribution is 2.28. The zero-order chi connectivity index (χ0) is 18.6. The predicted molar refractivity (Wildman–Crippen MR) is 95.7 cm³/mol. The fraction of sp³-hybridized carbons (Fsp3) is 0.158. The van der Waals surface area contributed by atoms with Crippen molar-refractivity contribution in [2.45, 2.75) is 13.5 Å². The summed E-state index contributed by atoms with van der Waals surface area (Å²) in [6.45, 7) is 2.20. The maximum Gasteiger partial charge on any atom is 0.374 e. The van der Waals surface area contributed by atoms with Crippen LogP contribution in [0.1, 0.15) is 23.0 Å². The number of benzene rings is 2. The van der Waals surface area contributed by atoms with Gasteiger partial charge in [0, 0.05) is 5.39 Å². The van der Waals surface area contributed by atoms with Crippen molar-refractivity contribution in [1.29, 1.82) is 0 Å². The number of carbonyl (C=O) groups is 1. The van der Waals surface area contributed by atoms with Crippen LogP contribution in [0.4, 0.5) is 0 Å². The Bertz CT molecular complexity index is 1060. The molecular weight excluding hydrogens is 348 g/mol. The number of aromatic nitrogens is 4. The lowest BCUT2D eigenvalue weighted by molar-refractivity contribution is 0.0488. The van der Waals surface area contributed by atoms with Crippen molar-refractivity contribution in [1.82, 2.24) is 20.2 Å². The SMILES string of the molecule is CCOC(=O)c1oc2ccccc2c1COc1ccc(-n2cnnn2)cc1. The van der Waals surface area contributed by atoms with Crippen molar-refractivity contribution < 1.29 is 18.7 Å². The molecule has 0 radical (unpaired) electrons. The molecule has 4 rings (SSSR count). The third kappa shape index (κ3) is 3.37. The number of rotatable bonds is 6. The molecule has 4 aromatic rings. The van der Waals surface area contributed by atoms with Gasteiger partial charge in [-0.15, -0.1) is 5.10 Å². The van der Waals surface area contributed by atoms with Crippen molar-refractivity contribution in [3.05, 3.63) is 66.2 Å². The highest BCUT2D eigenvalue weighted by molar-refractivity contribution is 5.96. The van der Waals surface area contributed by atoms with Crippen LogP contribution in [0, 0.1) is 0 Å². The van der Waals surface area contributed by atoms with Crippen molar-refractivity contribution in [3.8, 4) is 11.4 Å². The lowest BCUT2D eigenvalue weighted by Gasteiger charge is -2.08. The molecule has 0 aliphatic rings. The maximum atomic E-state index is 12.2. The van der Waals surface area contributed by atoms with E-state index in [1.165, 1.54) is 6.33 Å². The van der Waals surface area contributed by atoms with E-state index in [4.69, 9.17) is 13.9 Å². The second kappa shape index (κ2) is 7.28. The fourth-order valence-corrected chi connectivity index (χ4v) is 2.73. The first-order valence-corrected chi connectivity index (χ1v) is 8.40. The summed E-state index contributed by atoms with van der Waals surface area (Å²) >= 11 is 0. The molecule has 2 aromatic carbocycles. The summed E-state index contributed by atoms with van der Waals surface area (Å²) in [7, 11) is 0. The lowest BCUT2D eigenvalue weighted by atomic mass is 10.1. The molecule has 0 amide bonds. The molecule has 0 unspecified atom stereocenters. The second-order valence-corrected chi connectivity index (χ2v) is 5.66. The van der Waals surface area contributed by atoms with Crippen LogP contribution in [-0.2, 0) is 11.3 Å². The first kappa shape index (κ1) is 16.8. The van der Waals surface area contributed by atoms with Crippen molar-refractivity contribution in [3.63, 3.8) is 0 Å². The molecule has 8 nitrogen and oxygen atoms in total. The van der Waals surface area contributed by atoms with Gasteiger partial charge in [0.1, 0.15) is 24.3 Å². The van der Waals surface area contributed by atoms with Gasteiger partial charge in [0.05, 0.1) is 17.9 Å². The monoisotopic (exact) mass is 364 g/mol. The second-order valence-electron chi connectivity index (χ2n) is 5.66. The zero-order valence-electron chi connectivity index (χ0n) is 14.5. The Balaban J connectivity index is 1.58. The average Bonchev–Trinajstić information content (AvgIpc) is 3.35. The third-order valence-electron chi connectivity index (χ3n) is 3.99. The Labute approximate surface area is 154 Å². The summed E-state index contributed by atoms with van der Waals surface area (Å²) in [5.74, 6) is 0.316. The van der Waals surface area contributed by atoms with Crippen LogP contribution in [0.15, 0.2) is 59.3 Å². The van der Waals surface area contributed by atoms with E-state index in [9.17, 15) is 4.79 Å². The molecule has 136 valence electrons. The Morgan fingerprint density at radius 1 is 1.15 bits per heavy atom. The van der Waals surface area contributed by atoms with E-state index in [1.807, 2.05) is 48.5 Å². The molecule has 0 bridgehead atoms. The molecule has 8 heteroatoms. The Morgan fingerprint density at radius 2 is 1.96 bits per heavy atom. The van der Waals surface area contributed by atoms with Crippen LogP contribution in [0.2, 0.25) is 0 Å². The van der Waals surface area contributed by atoms with Crippen molar-refractivity contribution in [2.75, 3.05) is 6.61 Å². The molecule has 0 aliphatic carbocycles. The van der Waals surface area contributed by atoms with Gasteiger partial charge in [-0.1, -0.05) is 18.2 Å². The number of esters is 1. The number of tetrazole rings is 1. The number of ether oxygens (including phenoxy) is 2. The van der Waals surface area contributed by atoms with Crippen LogP contribution in [-0.4, -0.2) is 32.8 Å². The molecule has 0 atom stereocenters. The van der Waals surface area contributed by atoms with Gasteiger partial charge in [-0.3, -0.25) is 0 Å². The minimum Gasteiger partial charge on any atom is -0.489 e. The summed E-state index contributed by atoms with van der Waals surface area (Å²) in [5.41, 5.74) is 2.09. The molecule has 0 fully saturated rings. The summed E-state index contributed by atoms with van der Waals surface area (Å²) in [6, 6.07) is 14.7. The molecule has 0 spiro atoms. The van der Waals surface area contributed by atoms with Gasteiger partial charge in [-0.05, 0) is 47.7 Å². The lowest BCUT2D eigenvalue weighted by Crippen LogP contribution is -2.08. The smallest absolute Gasteiger partial charge is 0.374 e. The molecule has 0 saturated heterocycles. The zero-order valence-corrected chi connectivity index (χ0v) is 14.5. The van der Waals surface area contributed by atoms with E-state index in [0.717, 1.165) is 11.1 Å². The first-order valence-electron chi connectivity index (χ1n) is 8.40. The van der Waals surface area contributed by atoms with Crippen molar-refractivity contribution >= 4 is 16.9 Å². The number of carbonyl (C=O) groups excluding carboxylic acids is 1. The molecule has 2 heterocycles. The van der Waals surface area contributed by atoms with Gasteiger partial charge in [-0.25, -0.2) is 9.48 Å². The van der Waals surface area contributed by atoms with Gasteiger partial charge in [0.25, 0.3) is 0 Å². The number of nitrogens with zero attached hydrogens (tertiary/aromatic N) is 4. The molecule has 27 heavy (non-hydrogen) atoms. The summed E-state index contributed by atoms with van der Waals surface area (Å²) in [4.78, 5) is 12.2. The molecular formula is C19H16N4O4. The highest BCUT2D eigenvalue weighted by atomic mass is 16.5. The Kier molecular flexibility index (Phi) is 4.52. The first-order chi connectivity index (χ1) is 13.3. The summed E-state index contributed by atoms with van der Waals surface area (Å²) in [5, 5.41) is 11.9. The van der Waals surface area contributed by atoms with Gasteiger partial charge >= 0.3 is 5.97 Å². The van der Waals surface area contributed by atoms with E-state index in [1.54, 1.807) is 11.6 Å². The number of hydrogen-bond donors (Lipinski definition) is 0. The largest absolute Gasteiger partial charge is 0.489 e. The van der Waals surface area contributed by atoms with Gasteiger partial charge < -0.3 is 13.9 Å². The topological polar surface area (TPSA) is 92.3 Å². The van der Waals surface area contributed by atoms with E-state index < -0.39 is 5.97 Å². The normalized spacial score (nSPS) is 10.9. The van der Waals surface area contributed by atoms with Crippen molar-refractivity contribution in [2.24, 2.45) is 0 Å². The Morgan fingerprint density at radius 3 is 2.70 bits per heavy atom. The van der Waals surface area contributed by atoms with Gasteiger partial charge in [0.2, 0.25) is 5.76 Å². The number of hydrogen-bond acceptors (Lipinski definition) is 7. The van der Waals surface area contributed by atoms with Crippen LogP contribution < -0.4 is 4.74 Å². The summed E-state index contributed by atoms with van der Waals surface area (Å²) in [6.07, 6.45) is 1.51. The van der Waals surface area contributed by atoms with Crippen LogP contribution in [0.3, 0.4) is 0 Å². The third-order valence-corrected chi connectivity index (χ3v) is 3.99. The van der Waals surface area contributed by atoms with E-state index in [2.05, 4.69) is 15.5 Å². The van der Waals surface area contributed by atoms with Gasteiger partial charge in [0.15, 0.2) is 0 Å². The van der Waals surface area contributed by atoms with E-state index >= 15 is 0 Å². The average molecular weight is 364 g/mol. The summed E-state index contributed by atoms with van der Waals surface area (Å²) < 4.78 is 18.2. The number of fused-ring (bicyclic) bond motifs is 1. The van der Waals surface area contributed by atoms with Crippen LogP contribution in [0.5, 0.6) is 5.75 Å². The fourth-order valence-electron chi connectivity index (χ4n) is 2.73. The number of para-hydroxylation sites is 1. The van der Waals surface area contributed by atoms with E-state index in [-0.39, 0.29) is 19.0 Å². The van der Waals surface area contributed by atoms with E-state index in [0.29, 0.717) is 16.9 Å².